The minimum atomic E-state index is -3.11. The highest BCUT2D eigenvalue weighted by atomic mass is 31.2. The van der Waals surface area contributed by atoms with Gasteiger partial charge in [0.25, 0.3) is 0 Å². The molecule has 1 saturated heterocycles. The Morgan fingerprint density at radius 3 is 2.30 bits per heavy atom. The average molecular weight is 166 g/mol. The van der Waals surface area contributed by atoms with E-state index in [1.807, 2.05) is 0 Å². The number of phosphoric acid groups is 1. The normalized spacial score (nSPS) is 39.8. The van der Waals surface area contributed by atoms with Crippen LogP contribution >= 0.6 is 7.82 Å². The second-order valence-electron chi connectivity index (χ2n) is 2.38. The second kappa shape index (κ2) is 2.62. The summed E-state index contributed by atoms with van der Waals surface area (Å²) in [7, 11) is -3.11. The molecule has 1 fully saturated rings. The Labute approximate surface area is 60.1 Å². The highest BCUT2D eigenvalue weighted by Gasteiger charge is 2.42. The fourth-order valence-electron chi connectivity index (χ4n) is 0.679. The summed E-state index contributed by atoms with van der Waals surface area (Å²) in [6, 6.07) is 0. The lowest BCUT2D eigenvalue weighted by molar-refractivity contribution is -0.119. The van der Waals surface area contributed by atoms with Crippen molar-refractivity contribution in [2.75, 3.05) is 0 Å². The van der Waals surface area contributed by atoms with Gasteiger partial charge in [-0.2, -0.15) is 0 Å². The maximum absolute atomic E-state index is 11.0. The van der Waals surface area contributed by atoms with Gasteiger partial charge in [-0.05, 0) is 20.8 Å². The Morgan fingerprint density at radius 1 is 1.50 bits per heavy atom. The van der Waals surface area contributed by atoms with Crippen molar-refractivity contribution in [3.8, 4) is 0 Å². The highest BCUT2D eigenvalue weighted by Crippen LogP contribution is 2.60. The van der Waals surface area contributed by atoms with Gasteiger partial charge in [0, 0.05) is 0 Å². The summed E-state index contributed by atoms with van der Waals surface area (Å²) in [6.07, 6.45) is -0.511. The summed E-state index contributed by atoms with van der Waals surface area (Å²) in [5.41, 5.74) is 0. The molecule has 1 heterocycles. The average Bonchev–Trinajstić information content (AvgIpc) is 1.57. The molecule has 1 rings (SSSR count). The molecule has 0 spiro atoms. The van der Waals surface area contributed by atoms with Crippen LogP contribution in [0.3, 0.4) is 0 Å². The Kier molecular flexibility index (Phi) is 2.15. The van der Waals surface area contributed by atoms with Crippen molar-refractivity contribution in [1.29, 1.82) is 0 Å². The minimum Gasteiger partial charge on any atom is -0.284 e. The first-order chi connectivity index (χ1) is 4.52. The summed E-state index contributed by atoms with van der Waals surface area (Å²) >= 11 is 0. The molecule has 0 amide bonds. The van der Waals surface area contributed by atoms with E-state index in [2.05, 4.69) is 0 Å². The van der Waals surface area contributed by atoms with E-state index in [-0.39, 0.29) is 12.4 Å². The summed E-state index contributed by atoms with van der Waals surface area (Å²) in [4.78, 5) is 0. The monoisotopic (exact) mass is 166 g/mol. The van der Waals surface area contributed by atoms with E-state index >= 15 is 0 Å². The zero-order valence-corrected chi connectivity index (χ0v) is 7.13. The minimum absolute atomic E-state index is 0.127. The first-order valence-corrected chi connectivity index (χ1v) is 4.63. The predicted molar refractivity (Wildman–Crippen MR) is 35.5 cm³/mol. The molecule has 0 aromatic heterocycles. The Morgan fingerprint density at radius 2 is 2.00 bits per heavy atom. The number of hydrogen-bond acceptors (Lipinski definition) is 4. The third-order valence-electron chi connectivity index (χ3n) is 0.895. The van der Waals surface area contributed by atoms with Crippen molar-refractivity contribution in [3.05, 3.63) is 0 Å². The molecular formula is C5H11O4P. The number of hydrogen-bond donors (Lipinski definition) is 0. The molecule has 0 unspecified atom stereocenters. The Balaban J connectivity index is 2.35. The molecule has 60 valence electrons. The molecule has 0 radical (unpaired) electrons. The number of rotatable bonds is 2. The first-order valence-electron chi connectivity index (χ1n) is 3.17. The molecule has 0 atom stereocenters. The summed E-state index contributed by atoms with van der Waals surface area (Å²) in [5, 5.41) is 0. The van der Waals surface area contributed by atoms with E-state index in [0.717, 1.165) is 0 Å². The lowest BCUT2D eigenvalue weighted by Gasteiger charge is -2.32. The summed E-state index contributed by atoms with van der Waals surface area (Å²) < 4.78 is 25.4. The van der Waals surface area contributed by atoms with E-state index in [4.69, 9.17) is 13.6 Å². The maximum atomic E-state index is 11.0. The van der Waals surface area contributed by atoms with E-state index in [9.17, 15) is 4.57 Å². The standard InChI is InChI=1S/C5H11O4P/c1-4(2)7-10(6)8-5(3)9-10/h4-5H,1-3H3. The fraction of sp³-hybridized carbons (Fsp3) is 1.00. The summed E-state index contributed by atoms with van der Waals surface area (Å²) in [5.74, 6) is 0. The van der Waals surface area contributed by atoms with E-state index < -0.39 is 7.82 Å². The number of phosphoric ester groups is 1. The van der Waals surface area contributed by atoms with Crippen molar-refractivity contribution >= 4 is 7.82 Å². The zero-order valence-electron chi connectivity index (χ0n) is 6.23. The lowest BCUT2D eigenvalue weighted by Crippen LogP contribution is -2.24. The molecule has 1 aliphatic rings. The van der Waals surface area contributed by atoms with E-state index in [1.165, 1.54) is 0 Å². The van der Waals surface area contributed by atoms with Gasteiger partial charge in [-0.1, -0.05) is 0 Å². The quantitative estimate of drug-likeness (QED) is 0.588. The van der Waals surface area contributed by atoms with Crippen molar-refractivity contribution in [2.24, 2.45) is 0 Å². The van der Waals surface area contributed by atoms with Crippen LogP contribution in [0.1, 0.15) is 20.8 Å². The smallest absolute Gasteiger partial charge is 0.284 e. The topological polar surface area (TPSA) is 44.8 Å². The first kappa shape index (κ1) is 8.21. The highest BCUT2D eigenvalue weighted by molar-refractivity contribution is 7.49. The van der Waals surface area contributed by atoms with Crippen LogP contribution in [0.5, 0.6) is 0 Å². The van der Waals surface area contributed by atoms with Gasteiger partial charge < -0.3 is 0 Å². The van der Waals surface area contributed by atoms with Gasteiger partial charge in [0.1, 0.15) is 0 Å². The van der Waals surface area contributed by atoms with Gasteiger partial charge in [0.2, 0.25) is 0 Å². The Bertz CT molecular complexity index is 157. The lowest BCUT2D eigenvalue weighted by atomic mass is 10.5. The van der Waals surface area contributed by atoms with Crippen LogP contribution in [0.25, 0.3) is 0 Å². The van der Waals surface area contributed by atoms with Gasteiger partial charge in [-0.15, -0.1) is 0 Å². The third kappa shape index (κ3) is 1.80. The van der Waals surface area contributed by atoms with E-state index in [0.29, 0.717) is 0 Å². The van der Waals surface area contributed by atoms with E-state index in [1.54, 1.807) is 20.8 Å². The molecule has 0 saturated carbocycles. The van der Waals surface area contributed by atoms with Crippen LogP contribution in [0, 0.1) is 0 Å². The van der Waals surface area contributed by atoms with Crippen LogP contribution < -0.4 is 0 Å². The molecule has 0 aromatic carbocycles. The van der Waals surface area contributed by atoms with Crippen LogP contribution in [0.4, 0.5) is 0 Å². The van der Waals surface area contributed by atoms with Gasteiger partial charge in [0.15, 0.2) is 6.29 Å². The predicted octanol–water partition coefficient (Wildman–Crippen LogP) is 1.91. The SMILES string of the molecule is CC(C)OP1(=O)OC(C)O1. The Hall–Kier alpha value is 0.110. The van der Waals surface area contributed by atoms with Gasteiger partial charge >= 0.3 is 7.82 Å². The molecular weight excluding hydrogens is 155 g/mol. The molecule has 5 heteroatoms. The molecule has 4 nitrogen and oxygen atoms in total. The second-order valence-corrected chi connectivity index (χ2v) is 3.91. The summed E-state index contributed by atoms with van der Waals surface area (Å²) in [6.45, 7) is 5.21. The van der Waals surface area contributed by atoms with Crippen molar-refractivity contribution < 1.29 is 18.1 Å². The van der Waals surface area contributed by atoms with Crippen molar-refractivity contribution in [3.63, 3.8) is 0 Å². The van der Waals surface area contributed by atoms with Crippen LogP contribution in [-0.4, -0.2) is 12.4 Å². The van der Waals surface area contributed by atoms with Gasteiger partial charge in [-0.3, -0.25) is 13.6 Å². The fourth-order valence-corrected chi connectivity index (χ4v) is 2.04. The van der Waals surface area contributed by atoms with Crippen molar-refractivity contribution in [1.82, 2.24) is 0 Å². The van der Waals surface area contributed by atoms with Crippen LogP contribution in [0.15, 0.2) is 0 Å². The van der Waals surface area contributed by atoms with Crippen LogP contribution in [-0.2, 0) is 18.1 Å². The molecule has 0 N–H and O–H groups in total. The maximum Gasteiger partial charge on any atom is 0.479 e. The third-order valence-corrected chi connectivity index (χ3v) is 2.69. The van der Waals surface area contributed by atoms with Crippen LogP contribution in [0.2, 0.25) is 0 Å². The molecule has 0 aliphatic carbocycles. The molecule has 0 aromatic rings. The molecule has 0 bridgehead atoms. The largest absolute Gasteiger partial charge is 0.479 e. The zero-order chi connectivity index (χ0) is 7.78. The van der Waals surface area contributed by atoms with Crippen molar-refractivity contribution in [2.45, 2.75) is 33.2 Å². The van der Waals surface area contributed by atoms with Gasteiger partial charge in [-0.25, -0.2) is 4.57 Å². The molecule has 1 aliphatic heterocycles. The van der Waals surface area contributed by atoms with Gasteiger partial charge in [0.05, 0.1) is 6.10 Å². The molecule has 10 heavy (non-hydrogen) atoms.